The van der Waals surface area contributed by atoms with Gasteiger partial charge in [0.15, 0.2) is 0 Å². The third kappa shape index (κ3) is 3.77. The summed E-state index contributed by atoms with van der Waals surface area (Å²) in [6.07, 6.45) is 0. The van der Waals surface area contributed by atoms with Gasteiger partial charge in [-0.25, -0.2) is 0 Å². The van der Waals surface area contributed by atoms with E-state index in [9.17, 15) is 19.7 Å². The fourth-order valence-electron chi connectivity index (χ4n) is 1.44. The number of carbonyl (C=O) groups is 2. The van der Waals surface area contributed by atoms with E-state index in [0.717, 1.165) is 0 Å². The Hall–Kier alpha value is -2.44. The Morgan fingerprint density at radius 2 is 2.11 bits per heavy atom. The number of nitrogens with zero attached hydrogens (tertiary/aromatic N) is 1. The van der Waals surface area contributed by atoms with Crippen molar-refractivity contribution in [3.8, 4) is 0 Å². The number of rotatable bonds is 5. The second-order valence-corrected chi connectivity index (χ2v) is 4.21. The fraction of sp³-hybridized carbons (Fsp3) is 0.333. The van der Waals surface area contributed by atoms with Gasteiger partial charge >= 0.3 is 5.97 Å². The maximum atomic E-state index is 11.7. The number of aryl methyl sites for hydroxylation is 1. The van der Waals surface area contributed by atoms with Crippen LogP contribution in [0.5, 0.6) is 0 Å². The molecule has 0 spiro atoms. The van der Waals surface area contributed by atoms with E-state index in [1.54, 1.807) is 0 Å². The molecule has 7 nitrogen and oxygen atoms in total. The molecule has 7 heteroatoms. The molecule has 0 aliphatic rings. The average molecular weight is 266 g/mol. The normalized spacial score (nSPS) is 11.7. The van der Waals surface area contributed by atoms with Gasteiger partial charge in [-0.2, -0.15) is 0 Å². The molecule has 1 unspecified atom stereocenters. The number of benzene rings is 1. The number of hydrogen-bond acceptors (Lipinski definition) is 4. The molecular weight excluding hydrogens is 252 g/mol. The lowest BCUT2D eigenvalue weighted by Gasteiger charge is -2.08. The first-order chi connectivity index (χ1) is 8.82. The number of carbonyl (C=O) groups excluding carboxylic acids is 1. The van der Waals surface area contributed by atoms with Crippen LogP contribution in [0.4, 0.5) is 5.69 Å². The molecule has 0 bridgehead atoms. The molecule has 0 heterocycles. The lowest BCUT2D eigenvalue weighted by atomic mass is 10.1. The molecule has 1 aromatic carbocycles. The predicted octanol–water partition coefficient (Wildman–Crippen LogP) is 1.35. The Morgan fingerprint density at radius 3 is 2.58 bits per heavy atom. The first kappa shape index (κ1) is 14.6. The highest BCUT2D eigenvalue weighted by molar-refractivity contribution is 5.94. The zero-order valence-corrected chi connectivity index (χ0v) is 10.5. The molecule has 2 N–H and O–H groups in total. The summed E-state index contributed by atoms with van der Waals surface area (Å²) >= 11 is 0. The number of hydrogen-bond donors (Lipinski definition) is 2. The van der Waals surface area contributed by atoms with E-state index in [1.165, 1.54) is 32.0 Å². The molecule has 19 heavy (non-hydrogen) atoms. The van der Waals surface area contributed by atoms with Crippen LogP contribution < -0.4 is 5.32 Å². The quantitative estimate of drug-likeness (QED) is 0.617. The van der Waals surface area contributed by atoms with Crippen molar-refractivity contribution in [2.45, 2.75) is 13.8 Å². The van der Waals surface area contributed by atoms with Crippen LogP contribution in [-0.4, -0.2) is 28.5 Å². The van der Waals surface area contributed by atoms with Crippen molar-refractivity contribution in [2.75, 3.05) is 6.54 Å². The van der Waals surface area contributed by atoms with Crippen molar-refractivity contribution < 1.29 is 19.6 Å². The second kappa shape index (κ2) is 5.94. The van der Waals surface area contributed by atoms with E-state index < -0.39 is 22.7 Å². The first-order valence-electron chi connectivity index (χ1n) is 5.59. The minimum atomic E-state index is -1.000. The van der Waals surface area contributed by atoms with Crippen molar-refractivity contribution >= 4 is 17.6 Å². The van der Waals surface area contributed by atoms with Gasteiger partial charge in [-0.15, -0.1) is 0 Å². The van der Waals surface area contributed by atoms with E-state index >= 15 is 0 Å². The summed E-state index contributed by atoms with van der Waals surface area (Å²) in [5.41, 5.74) is 0.583. The van der Waals surface area contributed by atoms with Gasteiger partial charge in [0.25, 0.3) is 11.6 Å². The van der Waals surface area contributed by atoms with Crippen molar-refractivity contribution in [3.63, 3.8) is 0 Å². The van der Waals surface area contributed by atoms with Gasteiger partial charge in [-0.3, -0.25) is 19.7 Å². The number of nitrogens with one attached hydrogen (secondary N) is 1. The van der Waals surface area contributed by atoms with Crippen LogP contribution in [0, 0.1) is 23.0 Å². The van der Waals surface area contributed by atoms with Crippen molar-refractivity contribution in [2.24, 2.45) is 5.92 Å². The van der Waals surface area contributed by atoms with Crippen LogP contribution >= 0.6 is 0 Å². The number of nitro groups is 1. The number of carboxylic acid groups (broad SMARTS) is 1. The van der Waals surface area contributed by atoms with E-state index in [2.05, 4.69) is 5.32 Å². The highest BCUT2D eigenvalue weighted by Crippen LogP contribution is 2.18. The van der Waals surface area contributed by atoms with Crippen LogP contribution in [0.15, 0.2) is 18.2 Å². The van der Waals surface area contributed by atoms with Gasteiger partial charge in [0.1, 0.15) is 0 Å². The van der Waals surface area contributed by atoms with E-state index in [1.807, 2.05) is 0 Å². The molecule has 0 fully saturated rings. The van der Waals surface area contributed by atoms with Gasteiger partial charge in [-0.05, 0) is 19.1 Å². The zero-order valence-electron chi connectivity index (χ0n) is 10.5. The van der Waals surface area contributed by atoms with Crippen molar-refractivity contribution in [1.82, 2.24) is 5.32 Å². The summed E-state index contributed by atoms with van der Waals surface area (Å²) in [5, 5.41) is 21.8. The monoisotopic (exact) mass is 266 g/mol. The molecule has 102 valence electrons. The molecule has 0 saturated heterocycles. The number of carboxylic acids is 1. The summed E-state index contributed by atoms with van der Waals surface area (Å²) in [6.45, 7) is 3.02. The van der Waals surface area contributed by atoms with Gasteiger partial charge in [-0.1, -0.05) is 6.92 Å². The maximum Gasteiger partial charge on any atom is 0.308 e. The molecule has 0 saturated carbocycles. The third-order valence-corrected chi connectivity index (χ3v) is 2.65. The van der Waals surface area contributed by atoms with Crippen LogP contribution in [-0.2, 0) is 4.79 Å². The highest BCUT2D eigenvalue weighted by atomic mass is 16.6. The molecule has 1 atom stereocenters. The SMILES string of the molecule is Cc1cc(C(=O)NCC(C)C(=O)O)ccc1[N+](=O)[O-]. The lowest BCUT2D eigenvalue weighted by molar-refractivity contribution is -0.385. The van der Waals surface area contributed by atoms with Gasteiger partial charge in [0, 0.05) is 23.7 Å². The summed E-state index contributed by atoms with van der Waals surface area (Å²) in [5.74, 6) is -2.14. The van der Waals surface area contributed by atoms with Gasteiger partial charge in [0.2, 0.25) is 0 Å². The Labute approximate surface area is 109 Å². The molecule has 0 aliphatic heterocycles. The largest absolute Gasteiger partial charge is 0.481 e. The van der Waals surface area contributed by atoms with E-state index in [4.69, 9.17) is 5.11 Å². The lowest BCUT2D eigenvalue weighted by Crippen LogP contribution is -2.31. The number of nitro benzene ring substituents is 1. The molecule has 0 aromatic heterocycles. The Morgan fingerprint density at radius 1 is 1.47 bits per heavy atom. The van der Waals surface area contributed by atoms with Crippen LogP contribution in [0.1, 0.15) is 22.8 Å². The van der Waals surface area contributed by atoms with E-state index in [-0.39, 0.29) is 17.8 Å². The molecular formula is C12H14N2O5. The van der Waals surface area contributed by atoms with Crippen LogP contribution in [0.25, 0.3) is 0 Å². The predicted molar refractivity (Wildman–Crippen MR) is 67.0 cm³/mol. The fourth-order valence-corrected chi connectivity index (χ4v) is 1.44. The zero-order chi connectivity index (χ0) is 14.6. The minimum absolute atomic E-state index is 0.00417. The Kier molecular flexibility index (Phi) is 4.57. The smallest absolute Gasteiger partial charge is 0.308 e. The molecule has 1 aromatic rings. The molecule has 1 amide bonds. The second-order valence-electron chi connectivity index (χ2n) is 4.21. The average Bonchev–Trinajstić information content (AvgIpc) is 2.34. The van der Waals surface area contributed by atoms with Gasteiger partial charge in [0.05, 0.1) is 10.8 Å². The number of aliphatic carboxylic acids is 1. The summed E-state index contributed by atoms with van der Waals surface area (Å²) in [4.78, 5) is 32.4. The van der Waals surface area contributed by atoms with Crippen LogP contribution in [0.2, 0.25) is 0 Å². The van der Waals surface area contributed by atoms with E-state index in [0.29, 0.717) is 5.56 Å². The topological polar surface area (TPSA) is 110 Å². The van der Waals surface area contributed by atoms with Crippen molar-refractivity contribution in [3.05, 3.63) is 39.4 Å². The van der Waals surface area contributed by atoms with Crippen molar-refractivity contribution in [1.29, 1.82) is 0 Å². The van der Waals surface area contributed by atoms with Crippen LogP contribution in [0.3, 0.4) is 0 Å². The third-order valence-electron chi connectivity index (χ3n) is 2.65. The standard InChI is InChI=1S/C12H14N2O5/c1-7-5-9(3-4-10(7)14(18)19)11(15)13-6-8(2)12(16)17/h3-5,8H,6H2,1-2H3,(H,13,15)(H,16,17). The summed E-state index contributed by atoms with van der Waals surface area (Å²) < 4.78 is 0. The summed E-state index contributed by atoms with van der Waals surface area (Å²) in [7, 11) is 0. The molecule has 1 rings (SSSR count). The van der Waals surface area contributed by atoms with Gasteiger partial charge < -0.3 is 10.4 Å². The Bertz CT molecular complexity index is 527. The maximum absolute atomic E-state index is 11.7. The summed E-state index contributed by atoms with van der Waals surface area (Å²) in [6, 6.07) is 4.00. The molecule has 0 aliphatic carbocycles. The first-order valence-corrected chi connectivity index (χ1v) is 5.59. The molecule has 0 radical (unpaired) electrons. The highest BCUT2D eigenvalue weighted by Gasteiger charge is 2.16. The Balaban J connectivity index is 2.76. The minimum Gasteiger partial charge on any atom is -0.481 e. The number of amides is 1.